The van der Waals surface area contributed by atoms with Gasteiger partial charge < -0.3 is 35.0 Å². The number of carbonyl (C=O) groups is 1. The third-order valence-electron chi connectivity index (χ3n) is 3.95. The Labute approximate surface area is 138 Å². The highest BCUT2D eigenvalue weighted by Gasteiger charge is 2.44. The first kappa shape index (κ1) is 18.8. The SMILES string of the molecule is CC(O[C@@H]1O[C@H](CO)[C@@H](O)[C@H](O)[C@H]1O)C(=O)Cc1ccc(O)cc1. The maximum atomic E-state index is 12.2. The molecule has 0 bridgehead atoms. The molecule has 1 unspecified atom stereocenters. The Morgan fingerprint density at radius 3 is 2.38 bits per heavy atom. The smallest absolute Gasteiger partial charge is 0.187 e. The molecule has 5 N–H and O–H groups in total. The Hall–Kier alpha value is -1.55. The van der Waals surface area contributed by atoms with Crippen LogP contribution in [0.3, 0.4) is 0 Å². The number of carbonyl (C=O) groups excluding carboxylic acids is 1. The average molecular weight is 342 g/mol. The number of aromatic hydroxyl groups is 1. The lowest BCUT2D eigenvalue weighted by molar-refractivity contribution is -0.307. The van der Waals surface area contributed by atoms with Crippen LogP contribution in [0.2, 0.25) is 0 Å². The summed E-state index contributed by atoms with van der Waals surface area (Å²) in [6.07, 6.45) is -7.91. The number of phenolic OH excluding ortho intramolecular Hbond substituents is 1. The van der Waals surface area contributed by atoms with Crippen LogP contribution < -0.4 is 0 Å². The fraction of sp³-hybridized carbons (Fsp3) is 0.562. The maximum absolute atomic E-state index is 12.2. The van der Waals surface area contributed by atoms with Crippen molar-refractivity contribution in [1.29, 1.82) is 0 Å². The molecule has 1 aromatic carbocycles. The summed E-state index contributed by atoms with van der Waals surface area (Å²) in [6, 6.07) is 6.14. The average Bonchev–Trinajstić information content (AvgIpc) is 2.57. The van der Waals surface area contributed by atoms with Crippen LogP contribution in [0.5, 0.6) is 5.75 Å². The molecule has 1 fully saturated rings. The fourth-order valence-corrected chi connectivity index (χ4v) is 2.42. The number of aliphatic hydroxyl groups excluding tert-OH is 4. The highest BCUT2D eigenvalue weighted by Crippen LogP contribution is 2.23. The Morgan fingerprint density at radius 2 is 1.79 bits per heavy atom. The Balaban J connectivity index is 1.95. The third-order valence-corrected chi connectivity index (χ3v) is 3.95. The summed E-state index contributed by atoms with van der Waals surface area (Å²) in [7, 11) is 0. The molecule has 2 rings (SSSR count). The molecule has 1 saturated heterocycles. The van der Waals surface area contributed by atoms with E-state index in [-0.39, 0.29) is 18.0 Å². The summed E-state index contributed by atoms with van der Waals surface area (Å²) in [6.45, 7) is 0.908. The number of hydrogen-bond acceptors (Lipinski definition) is 8. The van der Waals surface area contributed by atoms with E-state index in [9.17, 15) is 25.2 Å². The Kier molecular flexibility index (Phi) is 6.27. The Morgan fingerprint density at radius 1 is 1.17 bits per heavy atom. The van der Waals surface area contributed by atoms with Crippen LogP contribution in [0.15, 0.2) is 24.3 Å². The lowest BCUT2D eigenvalue weighted by atomic mass is 9.99. The van der Waals surface area contributed by atoms with Crippen molar-refractivity contribution in [1.82, 2.24) is 0 Å². The molecule has 8 nitrogen and oxygen atoms in total. The molecule has 0 aliphatic carbocycles. The number of phenols is 1. The van der Waals surface area contributed by atoms with E-state index in [1.165, 1.54) is 19.1 Å². The largest absolute Gasteiger partial charge is 0.508 e. The summed E-state index contributed by atoms with van der Waals surface area (Å²) in [5.74, 6) is -0.200. The van der Waals surface area contributed by atoms with Crippen LogP contribution in [0.1, 0.15) is 12.5 Å². The van der Waals surface area contributed by atoms with Crippen molar-refractivity contribution in [2.45, 2.75) is 50.2 Å². The molecule has 0 saturated carbocycles. The van der Waals surface area contributed by atoms with Crippen molar-refractivity contribution in [3.8, 4) is 5.75 Å². The summed E-state index contributed by atoms with van der Waals surface area (Å²) >= 11 is 0. The van der Waals surface area contributed by atoms with Crippen LogP contribution in [0.4, 0.5) is 0 Å². The molecular formula is C16H22O8. The molecule has 1 aliphatic heterocycles. The summed E-state index contributed by atoms with van der Waals surface area (Å²) in [5.41, 5.74) is 0.682. The molecule has 1 heterocycles. The van der Waals surface area contributed by atoms with Gasteiger partial charge in [0.05, 0.1) is 6.61 Å². The fourth-order valence-electron chi connectivity index (χ4n) is 2.42. The second-order valence-corrected chi connectivity index (χ2v) is 5.79. The van der Waals surface area contributed by atoms with Crippen molar-refractivity contribution in [2.24, 2.45) is 0 Å². The van der Waals surface area contributed by atoms with Gasteiger partial charge in [-0.25, -0.2) is 0 Å². The molecule has 0 radical (unpaired) electrons. The van der Waals surface area contributed by atoms with E-state index in [0.717, 1.165) is 0 Å². The summed E-state index contributed by atoms with van der Waals surface area (Å²) in [4.78, 5) is 12.2. The van der Waals surface area contributed by atoms with E-state index in [1.54, 1.807) is 12.1 Å². The van der Waals surface area contributed by atoms with Crippen LogP contribution >= 0.6 is 0 Å². The predicted octanol–water partition coefficient (Wildman–Crippen LogP) is -1.29. The lowest BCUT2D eigenvalue weighted by Gasteiger charge is -2.40. The number of benzene rings is 1. The predicted molar refractivity (Wildman–Crippen MR) is 81.1 cm³/mol. The molecule has 1 aromatic rings. The van der Waals surface area contributed by atoms with Gasteiger partial charge in [-0.15, -0.1) is 0 Å². The number of Topliss-reactive ketones (excluding diaryl/α,β-unsaturated/α-hetero) is 1. The molecule has 0 spiro atoms. The molecule has 0 amide bonds. The molecule has 0 aromatic heterocycles. The standard InChI is InChI=1S/C16H22O8/c1-8(11(19)6-9-2-4-10(18)5-3-9)23-16-15(22)14(21)13(20)12(7-17)24-16/h2-5,8,12-18,20-22H,6-7H2,1H3/t8?,12-,13-,14+,15-,16-/m1/s1. The van der Waals surface area contributed by atoms with Crippen molar-refractivity contribution in [2.75, 3.05) is 6.61 Å². The topological polar surface area (TPSA) is 137 Å². The number of rotatable bonds is 6. The molecule has 8 heteroatoms. The van der Waals surface area contributed by atoms with Gasteiger partial charge in [-0.1, -0.05) is 12.1 Å². The first-order valence-corrected chi connectivity index (χ1v) is 7.60. The van der Waals surface area contributed by atoms with Crippen molar-refractivity contribution in [3.05, 3.63) is 29.8 Å². The zero-order valence-electron chi connectivity index (χ0n) is 13.1. The van der Waals surface area contributed by atoms with E-state index in [0.29, 0.717) is 5.56 Å². The van der Waals surface area contributed by atoms with Crippen LogP contribution in [-0.4, -0.2) is 74.7 Å². The van der Waals surface area contributed by atoms with Gasteiger partial charge in [0.25, 0.3) is 0 Å². The monoisotopic (exact) mass is 342 g/mol. The first-order valence-electron chi connectivity index (χ1n) is 7.60. The minimum atomic E-state index is -1.56. The number of ether oxygens (including phenoxy) is 2. The summed E-state index contributed by atoms with van der Waals surface area (Å²) < 4.78 is 10.6. The van der Waals surface area contributed by atoms with Gasteiger partial charge in [0.1, 0.15) is 36.3 Å². The van der Waals surface area contributed by atoms with E-state index >= 15 is 0 Å². The number of hydrogen-bond donors (Lipinski definition) is 5. The van der Waals surface area contributed by atoms with E-state index in [1.807, 2.05) is 0 Å². The highest BCUT2D eigenvalue weighted by atomic mass is 16.7. The molecular weight excluding hydrogens is 320 g/mol. The number of ketones is 1. The van der Waals surface area contributed by atoms with Crippen molar-refractivity contribution < 1.29 is 39.8 Å². The van der Waals surface area contributed by atoms with E-state index < -0.39 is 43.4 Å². The van der Waals surface area contributed by atoms with Gasteiger partial charge in [-0.05, 0) is 24.6 Å². The first-order chi connectivity index (χ1) is 11.3. The zero-order valence-corrected chi connectivity index (χ0v) is 13.1. The summed E-state index contributed by atoms with van der Waals surface area (Å²) in [5, 5.41) is 47.6. The van der Waals surface area contributed by atoms with Gasteiger partial charge in [-0.3, -0.25) is 4.79 Å². The quantitative estimate of drug-likeness (QED) is 0.431. The van der Waals surface area contributed by atoms with Gasteiger partial charge in [0, 0.05) is 6.42 Å². The molecule has 134 valence electrons. The maximum Gasteiger partial charge on any atom is 0.187 e. The van der Waals surface area contributed by atoms with Crippen LogP contribution in [0.25, 0.3) is 0 Å². The van der Waals surface area contributed by atoms with Crippen LogP contribution in [0, 0.1) is 0 Å². The minimum absolute atomic E-state index is 0.0544. The van der Waals surface area contributed by atoms with Gasteiger partial charge in [-0.2, -0.15) is 0 Å². The van der Waals surface area contributed by atoms with E-state index in [4.69, 9.17) is 14.6 Å². The number of aliphatic hydroxyl groups is 4. The molecule has 1 aliphatic rings. The second kappa shape index (κ2) is 8.02. The normalized spacial score (nSPS) is 31.6. The highest BCUT2D eigenvalue weighted by molar-refractivity contribution is 5.84. The minimum Gasteiger partial charge on any atom is -0.508 e. The van der Waals surface area contributed by atoms with Gasteiger partial charge in [0.15, 0.2) is 12.1 Å². The van der Waals surface area contributed by atoms with Gasteiger partial charge in [0.2, 0.25) is 0 Å². The lowest BCUT2D eigenvalue weighted by Crippen LogP contribution is -2.59. The second-order valence-electron chi connectivity index (χ2n) is 5.79. The van der Waals surface area contributed by atoms with Gasteiger partial charge >= 0.3 is 0 Å². The van der Waals surface area contributed by atoms with Crippen molar-refractivity contribution in [3.63, 3.8) is 0 Å². The molecule has 6 atom stereocenters. The Bertz CT molecular complexity index is 544. The van der Waals surface area contributed by atoms with Crippen LogP contribution in [-0.2, 0) is 20.7 Å². The molecule has 24 heavy (non-hydrogen) atoms. The zero-order chi connectivity index (χ0) is 17.9. The van der Waals surface area contributed by atoms with E-state index in [2.05, 4.69) is 0 Å². The third kappa shape index (κ3) is 4.29. The van der Waals surface area contributed by atoms with Crippen molar-refractivity contribution >= 4 is 5.78 Å².